The molecule has 0 radical (unpaired) electrons. The van der Waals surface area contributed by atoms with Crippen molar-refractivity contribution in [2.45, 2.75) is 6.04 Å². The molecule has 5 rings (SSSR count). The van der Waals surface area contributed by atoms with Crippen LogP contribution < -0.4 is 5.73 Å². The summed E-state index contributed by atoms with van der Waals surface area (Å²) in [6.45, 7) is 5.31. The minimum absolute atomic E-state index is 0.202. The van der Waals surface area contributed by atoms with E-state index in [4.69, 9.17) is 10.3 Å². The quantitative estimate of drug-likeness (QED) is 0.802. The lowest BCUT2D eigenvalue weighted by molar-refractivity contribution is 0.00781. The predicted molar refractivity (Wildman–Crippen MR) is 70.5 cm³/mol. The fourth-order valence-corrected chi connectivity index (χ4v) is 2.84. The fourth-order valence-electron chi connectivity index (χ4n) is 2.84. The van der Waals surface area contributed by atoms with Crippen LogP contribution in [0.25, 0.3) is 11.6 Å². The largest absolute Gasteiger partial charge is 0.382 e. The van der Waals surface area contributed by atoms with Crippen molar-refractivity contribution in [3.63, 3.8) is 0 Å². The van der Waals surface area contributed by atoms with Crippen molar-refractivity contribution in [3.8, 4) is 11.6 Å². The van der Waals surface area contributed by atoms with Crippen LogP contribution in [0.1, 0.15) is 11.9 Å². The second-order valence-corrected chi connectivity index (χ2v) is 5.10. The van der Waals surface area contributed by atoms with Crippen molar-refractivity contribution in [1.29, 1.82) is 0 Å². The molecule has 5 heterocycles. The maximum atomic E-state index is 5.78. The lowest BCUT2D eigenvalue weighted by Gasteiger charge is -2.46. The van der Waals surface area contributed by atoms with Crippen molar-refractivity contribution in [3.05, 3.63) is 18.2 Å². The van der Waals surface area contributed by atoms with Gasteiger partial charge in [0.2, 0.25) is 0 Å². The first-order valence-electron chi connectivity index (χ1n) is 6.68. The van der Waals surface area contributed by atoms with Crippen molar-refractivity contribution in [2.75, 3.05) is 38.5 Å². The molecule has 104 valence electrons. The number of rotatable bonds is 2. The molecule has 1 atom stereocenters. The van der Waals surface area contributed by atoms with Gasteiger partial charge in [-0.05, 0) is 0 Å². The predicted octanol–water partition coefficient (Wildman–Crippen LogP) is -0.219. The van der Waals surface area contributed by atoms with Gasteiger partial charge in [0.05, 0.1) is 6.04 Å². The van der Waals surface area contributed by atoms with Crippen molar-refractivity contribution < 1.29 is 4.52 Å². The maximum Gasteiger partial charge on any atom is 0.280 e. The van der Waals surface area contributed by atoms with Gasteiger partial charge in [0.15, 0.2) is 17.3 Å². The van der Waals surface area contributed by atoms with E-state index < -0.39 is 0 Å². The highest BCUT2D eigenvalue weighted by Crippen LogP contribution is 2.28. The summed E-state index contributed by atoms with van der Waals surface area (Å²) in [6, 6.07) is 0.202. The second-order valence-electron chi connectivity index (χ2n) is 5.10. The number of anilines is 1. The number of nitrogens with zero attached hydrogens (tertiary/aromatic N) is 6. The Kier molecular flexibility index (Phi) is 2.64. The lowest BCUT2D eigenvalue weighted by Crippen LogP contribution is -2.57. The van der Waals surface area contributed by atoms with Crippen LogP contribution >= 0.6 is 0 Å². The average molecular weight is 273 g/mol. The molecule has 8 heteroatoms. The van der Waals surface area contributed by atoms with E-state index in [0.717, 1.165) is 32.7 Å². The zero-order chi connectivity index (χ0) is 13.5. The maximum absolute atomic E-state index is 5.78. The Balaban J connectivity index is 1.64. The van der Waals surface area contributed by atoms with Gasteiger partial charge >= 0.3 is 0 Å². The average Bonchev–Trinajstić information content (AvgIpc) is 2.98. The lowest BCUT2D eigenvalue weighted by atomic mass is 10.1. The van der Waals surface area contributed by atoms with Gasteiger partial charge in [-0.1, -0.05) is 5.16 Å². The van der Waals surface area contributed by atoms with Gasteiger partial charge in [-0.2, -0.15) is 4.98 Å². The van der Waals surface area contributed by atoms with E-state index in [1.165, 1.54) is 6.20 Å². The van der Waals surface area contributed by atoms with Gasteiger partial charge < -0.3 is 10.3 Å². The highest BCUT2D eigenvalue weighted by molar-refractivity contribution is 5.61. The summed E-state index contributed by atoms with van der Waals surface area (Å²) in [4.78, 5) is 17.4. The molecule has 3 aliphatic rings. The highest BCUT2D eigenvalue weighted by atomic mass is 16.5. The topological polar surface area (TPSA) is 97.2 Å². The van der Waals surface area contributed by atoms with Gasteiger partial charge in [-0.3, -0.25) is 9.80 Å². The third-order valence-corrected chi connectivity index (χ3v) is 3.95. The van der Waals surface area contributed by atoms with Crippen LogP contribution in [0, 0.1) is 0 Å². The number of hydrogen-bond acceptors (Lipinski definition) is 8. The summed E-state index contributed by atoms with van der Waals surface area (Å²) in [5.74, 6) is 1.34. The van der Waals surface area contributed by atoms with E-state index in [1.54, 1.807) is 6.20 Å². The summed E-state index contributed by atoms with van der Waals surface area (Å²) in [6.07, 6.45) is 3.10. The normalized spacial score (nSPS) is 28.7. The minimum atomic E-state index is 0.202. The van der Waals surface area contributed by atoms with Crippen LogP contribution in [0.3, 0.4) is 0 Å². The van der Waals surface area contributed by atoms with E-state index in [2.05, 4.69) is 29.9 Å². The summed E-state index contributed by atoms with van der Waals surface area (Å²) in [5.41, 5.74) is 6.23. The van der Waals surface area contributed by atoms with Crippen LogP contribution in [-0.4, -0.2) is 62.6 Å². The number of nitrogen functional groups attached to an aromatic ring is 1. The summed E-state index contributed by atoms with van der Waals surface area (Å²) >= 11 is 0. The molecule has 0 aliphatic carbocycles. The Bertz CT molecular complexity index is 620. The van der Waals surface area contributed by atoms with Gasteiger partial charge in [0, 0.05) is 45.1 Å². The molecule has 2 aromatic heterocycles. The summed E-state index contributed by atoms with van der Waals surface area (Å²) in [5, 5.41) is 4.10. The molecule has 2 bridgehead atoms. The Labute approximate surface area is 115 Å². The second kappa shape index (κ2) is 4.50. The molecule has 2 N–H and O–H groups in total. The Morgan fingerprint density at radius 1 is 1.15 bits per heavy atom. The zero-order valence-corrected chi connectivity index (χ0v) is 10.9. The summed E-state index contributed by atoms with van der Waals surface area (Å²) in [7, 11) is 0. The Morgan fingerprint density at radius 2 is 1.95 bits per heavy atom. The number of aromatic nitrogens is 4. The molecule has 0 aromatic carbocycles. The van der Waals surface area contributed by atoms with E-state index in [1.807, 2.05) is 0 Å². The van der Waals surface area contributed by atoms with Crippen LogP contribution in [0.15, 0.2) is 16.9 Å². The summed E-state index contributed by atoms with van der Waals surface area (Å²) < 4.78 is 5.30. The molecule has 1 unspecified atom stereocenters. The molecule has 20 heavy (non-hydrogen) atoms. The van der Waals surface area contributed by atoms with Gasteiger partial charge in [0.1, 0.15) is 0 Å². The van der Waals surface area contributed by atoms with E-state index >= 15 is 0 Å². The number of nitrogens with two attached hydrogens (primary N) is 1. The number of fused-ring (bicyclic) bond motifs is 3. The molecule has 0 spiro atoms. The van der Waals surface area contributed by atoms with Crippen LogP contribution in [0.4, 0.5) is 5.82 Å². The van der Waals surface area contributed by atoms with Gasteiger partial charge in [0.25, 0.3) is 5.89 Å². The first kappa shape index (κ1) is 11.7. The van der Waals surface area contributed by atoms with Gasteiger partial charge in [-0.25, -0.2) is 9.97 Å². The molecule has 3 saturated heterocycles. The molecule has 8 nitrogen and oxygen atoms in total. The van der Waals surface area contributed by atoms with Crippen molar-refractivity contribution in [1.82, 2.24) is 29.9 Å². The standard InChI is InChI=1S/C12H15N7O/c13-10-9(14-1-2-15-10)12-16-11(17-20-12)8-7-18-3-5-19(8)6-4-18/h1-2,8H,3-7H2,(H2,13,15). The molecular formula is C12H15N7O. The Morgan fingerprint density at radius 3 is 2.65 bits per heavy atom. The third-order valence-electron chi connectivity index (χ3n) is 3.95. The first-order chi connectivity index (χ1) is 9.81. The minimum Gasteiger partial charge on any atom is -0.382 e. The van der Waals surface area contributed by atoms with E-state index in [-0.39, 0.29) is 6.04 Å². The fraction of sp³-hybridized carbons (Fsp3) is 0.500. The van der Waals surface area contributed by atoms with Crippen molar-refractivity contribution in [2.24, 2.45) is 0 Å². The molecule has 0 amide bonds. The van der Waals surface area contributed by atoms with E-state index in [9.17, 15) is 0 Å². The third kappa shape index (κ3) is 1.84. The molecular weight excluding hydrogens is 258 g/mol. The van der Waals surface area contributed by atoms with E-state index in [0.29, 0.717) is 23.2 Å². The van der Waals surface area contributed by atoms with Crippen LogP contribution in [0.5, 0.6) is 0 Å². The monoisotopic (exact) mass is 273 g/mol. The van der Waals surface area contributed by atoms with Crippen LogP contribution in [0.2, 0.25) is 0 Å². The van der Waals surface area contributed by atoms with Gasteiger partial charge in [-0.15, -0.1) is 0 Å². The number of piperazine rings is 3. The smallest absolute Gasteiger partial charge is 0.280 e. The molecule has 0 saturated carbocycles. The van der Waals surface area contributed by atoms with Crippen molar-refractivity contribution >= 4 is 5.82 Å². The molecule has 3 aliphatic heterocycles. The Hall–Kier alpha value is -2.06. The first-order valence-corrected chi connectivity index (χ1v) is 6.68. The highest BCUT2D eigenvalue weighted by Gasteiger charge is 2.35. The molecule has 2 aromatic rings. The number of hydrogen-bond donors (Lipinski definition) is 1. The van der Waals surface area contributed by atoms with Crippen LogP contribution in [-0.2, 0) is 0 Å². The SMILES string of the molecule is Nc1nccnc1-c1nc(C2CN3CCN2CC3)no1. The zero-order valence-electron chi connectivity index (χ0n) is 10.9. The molecule has 3 fully saturated rings.